The lowest BCUT2D eigenvalue weighted by Gasteiger charge is -2.22. The largest absolute Gasteiger partial charge is 0.354 e. The van der Waals surface area contributed by atoms with Gasteiger partial charge in [-0.15, -0.1) is 0 Å². The second kappa shape index (κ2) is 6.19. The van der Waals surface area contributed by atoms with Gasteiger partial charge in [-0.2, -0.15) is 0 Å². The van der Waals surface area contributed by atoms with E-state index in [9.17, 15) is 4.79 Å². The minimum atomic E-state index is 0.0312. The Labute approximate surface area is 118 Å². The molecule has 5 nitrogen and oxygen atoms in total. The van der Waals surface area contributed by atoms with Crippen LogP contribution in [0.4, 0.5) is 5.82 Å². The summed E-state index contributed by atoms with van der Waals surface area (Å²) in [7, 11) is 0. The van der Waals surface area contributed by atoms with E-state index in [0.29, 0.717) is 11.7 Å². The van der Waals surface area contributed by atoms with Crippen LogP contribution in [0.1, 0.15) is 31.2 Å². The Kier molecular flexibility index (Phi) is 4.58. The van der Waals surface area contributed by atoms with Gasteiger partial charge < -0.3 is 10.2 Å². The first-order valence-corrected chi connectivity index (χ1v) is 7.04. The second-order valence-corrected chi connectivity index (χ2v) is 5.11. The summed E-state index contributed by atoms with van der Waals surface area (Å²) < 4.78 is 0. The molecule has 1 aromatic heterocycles. The van der Waals surface area contributed by atoms with Crippen LogP contribution < -0.4 is 10.2 Å². The van der Waals surface area contributed by atoms with Crippen molar-refractivity contribution < 1.29 is 4.79 Å². The van der Waals surface area contributed by atoms with Crippen molar-refractivity contribution in [2.45, 2.75) is 33.1 Å². The zero-order valence-electron chi connectivity index (χ0n) is 11.4. The number of aryl methyl sites for hydroxylation is 1. The van der Waals surface area contributed by atoms with Gasteiger partial charge in [-0.05, 0) is 19.8 Å². The van der Waals surface area contributed by atoms with Crippen LogP contribution in [0.25, 0.3) is 0 Å². The predicted octanol–water partition coefficient (Wildman–Crippen LogP) is 1.72. The molecule has 1 fully saturated rings. The van der Waals surface area contributed by atoms with E-state index in [4.69, 9.17) is 11.6 Å². The molecule has 1 saturated heterocycles. The molecule has 0 spiro atoms. The van der Waals surface area contributed by atoms with Crippen molar-refractivity contribution >= 4 is 23.3 Å². The first kappa shape index (κ1) is 14.1. The van der Waals surface area contributed by atoms with E-state index in [0.717, 1.165) is 49.6 Å². The maximum atomic E-state index is 11.6. The fourth-order valence-corrected chi connectivity index (χ4v) is 2.33. The molecule has 19 heavy (non-hydrogen) atoms. The number of hydrogen-bond donors (Lipinski definition) is 1. The zero-order valence-corrected chi connectivity index (χ0v) is 12.1. The first-order chi connectivity index (χ1) is 9.11. The number of carbonyl (C=O) groups is 1. The van der Waals surface area contributed by atoms with Gasteiger partial charge in [0.2, 0.25) is 5.91 Å². The molecular formula is C13H19ClN4O. The normalized spacial score (nSPS) is 16.2. The third-order valence-electron chi connectivity index (χ3n) is 3.14. The van der Waals surface area contributed by atoms with Crippen molar-refractivity contribution in [2.75, 3.05) is 24.5 Å². The standard InChI is InChI=1S/C13H19ClN4O/c1-3-5-10-16-12(14)9(2)13(17-10)18-7-4-6-15-11(19)8-18/h3-8H2,1-2H3,(H,15,19). The topological polar surface area (TPSA) is 58.1 Å². The van der Waals surface area contributed by atoms with E-state index >= 15 is 0 Å². The van der Waals surface area contributed by atoms with Crippen LogP contribution in [0, 0.1) is 6.92 Å². The van der Waals surface area contributed by atoms with E-state index in [1.807, 2.05) is 11.8 Å². The Hall–Kier alpha value is -1.36. The van der Waals surface area contributed by atoms with Gasteiger partial charge in [0.05, 0.1) is 6.54 Å². The third-order valence-corrected chi connectivity index (χ3v) is 3.51. The number of rotatable bonds is 3. The van der Waals surface area contributed by atoms with Gasteiger partial charge in [0.1, 0.15) is 16.8 Å². The van der Waals surface area contributed by atoms with E-state index in [1.165, 1.54) is 0 Å². The number of nitrogens with one attached hydrogen (secondary N) is 1. The fourth-order valence-electron chi connectivity index (χ4n) is 2.15. The SMILES string of the molecule is CCCc1nc(Cl)c(C)c(N2CCCNC(=O)C2)n1. The number of amides is 1. The highest BCUT2D eigenvalue weighted by atomic mass is 35.5. The lowest BCUT2D eigenvalue weighted by molar-refractivity contribution is -0.119. The maximum absolute atomic E-state index is 11.6. The molecule has 6 heteroatoms. The Morgan fingerprint density at radius 1 is 1.42 bits per heavy atom. The van der Waals surface area contributed by atoms with Crippen LogP contribution in [0.15, 0.2) is 0 Å². The summed E-state index contributed by atoms with van der Waals surface area (Å²) in [5.41, 5.74) is 0.844. The Bertz CT molecular complexity index is 478. The van der Waals surface area contributed by atoms with Gasteiger partial charge in [-0.25, -0.2) is 9.97 Å². The van der Waals surface area contributed by atoms with Crippen LogP contribution in [0.5, 0.6) is 0 Å². The van der Waals surface area contributed by atoms with Crippen molar-refractivity contribution in [1.29, 1.82) is 0 Å². The monoisotopic (exact) mass is 282 g/mol. The molecule has 1 N–H and O–H groups in total. The van der Waals surface area contributed by atoms with Crippen LogP contribution in [-0.4, -0.2) is 35.5 Å². The molecule has 0 aromatic carbocycles. The number of nitrogens with zero attached hydrogens (tertiary/aromatic N) is 3. The average Bonchev–Trinajstić information content (AvgIpc) is 2.58. The molecule has 1 aliphatic heterocycles. The molecule has 104 valence electrons. The van der Waals surface area contributed by atoms with Gasteiger partial charge in [0.15, 0.2) is 0 Å². The summed E-state index contributed by atoms with van der Waals surface area (Å²) in [6.07, 6.45) is 2.68. The molecule has 1 aromatic rings. The lowest BCUT2D eigenvalue weighted by Crippen LogP contribution is -2.34. The fraction of sp³-hybridized carbons (Fsp3) is 0.615. The number of aromatic nitrogens is 2. The van der Waals surface area contributed by atoms with Crippen molar-refractivity contribution in [3.05, 3.63) is 16.5 Å². The van der Waals surface area contributed by atoms with Gasteiger partial charge in [-0.3, -0.25) is 4.79 Å². The minimum absolute atomic E-state index is 0.0312. The van der Waals surface area contributed by atoms with Gasteiger partial charge in [0.25, 0.3) is 0 Å². The zero-order chi connectivity index (χ0) is 13.8. The van der Waals surface area contributed by atoms with Gasteiger partial charge in [-0.1, -0.05) is 18.5 Å². The molecule has 0 aliphatic carbocycles. The van der Waals surface area contributed by atoms with Crippen LogP contribution >= 0.6 is 11.6 Å². The van der Waals surface area contributed by atoms with Crippen molar-refractivity contribution in [3.8, 4) is 0 Å². The molecule has 0 atom stereocenters. The Morgan fingerprint density at radius 3 is 2.95 bits per heavy atom. The predicted molar refractivity (Wildman–Crippen MR) is 75.6 cm³/mol. The smallest absolute Gasteiger partial charge is 0.239 e. The highest BCUT2D eigenvalue weighted by molar-refractivity contribution is 6.30. The molecule has 2 heterocycles. The lowest BCUT2D eigenvalue weighted by atomic mass is 10.2. The van der Waals surface area contributed by atoms with Crippen LogP contribution in [0.3, 0.4) is 0 Å². The summed E-state index contributed by atoms with van der Waals surface area (Å²) in [5, 5.41) is 3.35. The molecule has 0 unspecified atom stereocenters. The third kappa shape index (κ3) is 3.35. The summed E-state index contributed by atoms with van der Waals surface area (Å²) in [6.45, 7) is 5.83. The Balaban J connectivity index is 2.33. The van der Waals surface area contributed by atoms with E-state index in [2.05, 4.69) is 22.2 Å². The van der Waals surface area contributed by atoms with E-state index in [-0.39, 0.29) is 5.91 Å². The van der Waals surface area contributed by atoms with Crippen LogP contribution in [0.2, 0.25) is 5.15 Å². The molecule has 0 bridgehead atoms. The molecule has 2 rings (SSSR count). The summed E-state index contributed by atoms with van der Waals surface area (Å²) in [6, 6.07) is 0. The van der Waals surface area contributed by atoms with Gasteiger partial charge in [0, 0.05) is 25.1 Å². The van der Waals surface area contributed by atoms with E-state index in [1.54, 1.807) is 0 Å². The minimum Gasteiger partial charge on any atom is -0.354 e. The summed E-state index contributed by atoms with van der Waals surface area (Å²) >= 11 is 6.17. The second-order valence-electron chi connectivity index (χ2n) is 4.75. The molecule has 1 amide bonds. The van der Waals surface area contributed by atoms with Crippen molar-refractivity contribution in [3.63, 3.8) is 0 Å². The Morgan fingerprint density at radius 2 is 2.21 bits per heavy atom. The molecular weight excluding hydrogens is 264 g/mol. The molecule has 1 aliphatic rings. The number of hydrogen-bond acceptors (Lipinski definition) is 4. The van der Waals surface area contributed by atoms with E-state index < -0.39 is 0 Å². The van der Waals surface area contributed by atoms with Crippen LogP contribution in [-0.2, 0) is 11.2 Å². The number of anilines is 1. The van der Waals surface area contributed by atoms with Crippen molar-refractivity contribution in [2.24, 2.45) is 0 Å². The summed E-state index contributed by atoms with van der Waals surface area (Å²) in [5.74, 6) is 1.57. The highest BCUT2D eigenvalue weighted by Crippen LogP contribution is 2.24. The first-order valence-electron chi connectivity index (χ1n) is 6.66. The summed E-state index contributed by atoms with van der Waals surface area (Å²) in [4.78, 5) is 22.5. The van der Waals surface area contributed by atoms with Crippen molar-refractivity contribution in [1.82, 2.24) is 15.3 Å². The maximum Gasteiger partial charge on any atom is 0.239 e. The molecule has 0 saturated carbocycles. The van der Waals surface area contributed by atoms with Gasteiger partial charge >= 0.3 is 0 Å². The molecule has 0 radical (unpaired) electrons. The quantitative estimate of drug-likeness (QED) is 0.858. The number of halogens is 1. The highest BCUT2D eigenvalue weighted by Gasteiger charge is 2.20. The average molecular weight is 283 g/mol. The number of carbonyl (C=O) groups excluding carboxylic acids is 1.